The molecule has 180 valence electrons. The summed E-state index contributed by atoms with van der Waals surface area (Å²) in [6.07, 6.45) is 0.746. The Morgan fingerprint density at radius 2 is 1.64 bits per heavy atom. The van der Waals surface area contributed by atoms with E-state index in [2.05, 4.69) is 0 Å². The molecule has 0 aliphatic carbocycles. The Balaban J connectivity index is 1.58. The lowest BCUT2D eigenvalue weighted by molar-refractivity contribution is -0.151. The van der Waals surface area contributed by atoms with Gasteiger partial charge >= 0.3 is 5.97 Å². The Kier molecular flexibility index (Phi) is 7.62. The lowest BCUT2D eigenvalue weighted by atomic mass is 9.98. The fraction of sp³-hybridized carbons (Fsp3) is 0.435. The van der Waals surface area contributed by atoms with Crippen molar-refractivity contribution in [1.82, 2.24) is 8.61 Å². The summed E-state index contributed by atoms with van der Waals surface area (Å²) in [5.41, 5.74) is 2.51. The van der Waals surface area contributed by atoms with Crippen LogP contribution in [0.3, 0.4) is 0 Å². The molecule has 0 N–H and O–H groups in total. The molecule has 3 rings (SSSR count). The van der Waals surface area contributed by atoms with E-state index in [1.807, 2.05) is 13.8 Å². The van der Waals surface area contributed by atoms with Crippen molar-refractivity contribution in [1.29, 1.82) is 0 Å². The molecule has 0 amide bonds. The molecular weight excluding hydrogens is 464 g/mol. The van der Waals surface area contributed by atoms with Crippen LogP contribution in [0.1, 0.15) is 29.5 Å². The predicted molar refractivity (Wildman–Crippen MR) is 125 cm³/mol. The zero-order valence-corrected chi connectivity index (χ0v) is 20.9. The van der Waals surface area contributed by atoms with Crippen LogP contribution in [0.2, 0.25) is 0 Å². The quantitative estimate of drug-likeness (QED) is 0.549. The van der Waals surface area contributed by atoms with E-state index < -0.39 is 31.9 Å². The van der Waals surface area contributed by atoms with E-state index in [4.69, 9.17) is 4.74 Å². The summed E-state index contributed by atoms with van der Waals surface area (Å²) in [7, 11) is -4.28. The lowest BCUT2D eigenvalue weighted by Gasteiger charge is -2.30. The first-order chi connectivity index (χ1) is 15.4. The molecule has 1 fully saturated rings. The molecular formula is C23H30N2O6S2. The lowest BCUT2D eigenvalue weighted by Crippen LogP contribution is -2.40. The maximum absolute atomic E-state index is 13.0. The van der Waals surface area contributed by atoms with Gasteiger partial charge in [-0.1, -0.05) is 18.2 Å². The molecule has 1 aliphatic rings. The van der Waals surface area contributed by atoms with E-state index >= 15 is 0 Å². The van der Waals surface area contributed by atoms with Crippen molar-refractivity contribution in [3.63, 3.8) is 0 Å². The second-order valence-electron chi connectivity index (χ2n) is 8.47. The fourth-order valence-corrected chi connectivity index (χ4v) is 6.16. The summed E-state index contributed by atoms with van der Waals surface area (Å²) in [6.45, 7) is 4.25. The van der Waals surface area contributed by atoms with Gasteiger partial charge in [-0.05, 0) is 67.6 Å². The summed E-state index contributed by atoms with van der Waals surface area (Å²) in [4.78, 5) is 12.9. The minimum atomic E-state index is -3.61. The highest BCUT2D eigenvalue weighted by atomic mass is 32.2. The van der Waals surface area contributed by atoms with Crippen LogP contribution < -0.4 is 0 Å². The van der Waals surface area contributed by atoms with Gasteiger partial charge in [0.05, 0.1) is 15.7 Å². The monoisotopic (exact) mass is 494 g/mol. The number of piperidine rings is 1. The van der Waals surface area contributed by atoms with Gasteiger partial charge in [-0.2, -0.15) is 4.31 Å². The molecule has 33 heavy (non-hydrogen) atoms. The third-order valence-corrected chi connectivity index (χ3v) is 9.67. The van der Waals surface area contributed by atoms with Crippen molar-refractivity contribution >= 4 is 26.0 Å². The molecule has 8 nitrogen and oxygen atoms in total. The standard InChI is InChI=1S/C23H30N2O6S2/c1-17-8-9-22(14-18(17)2)33(29,30)25-12-10-20(11-13-25)23(26)31-16-19-6-5-7-21(15-19)32(27,28)24(3)4/h5-9,14-15,20H,10-13,16H2,1-4H3. The van der Waals surface area contributed by atoms with Crippen molar-refractivity contribution < 1.29 is 26.4 Å². The van der Waals surface area contributed by atoms with E-state index in [-0.39, 0.29) is 29.5 Å². The number of ether oxygens (including phenoxy) is 1. The van der Waals surface area contributed by atoms with Gasteiger partial charge in [0.15, 0.2) is 0 Å². The third kappa shape index (κ3) is 5.63. The van der Waals surface area contributed by atoms with Gasteiger partial charge in [0.2, 0.25) is 20.0 Å². The summed E-state index contributed by atoms with van der Waals surface area (Å²) < 4.78 is 58.4. The largest absolute Gasteiger partial charge is 0.461 e. The average Bonchev–Trinajstić information content (AvgIpc) is 2.79. The number of benzene rings is 2. The van der Waals surface area contributed by atoms with E-state index in [9.17, 15) is 21.6 Å². The first-order valence-corrected chi connectivity index (χ1v) is 13.6. The summed E-state index contributed by atoms with van der Waals surface area (Å²) in [5, 5.41) is 0. The zero-order valence-electron chi connectivity index (χ0n) is 19.3. The molecule has 0 atom stereocenters. The van der Waals surface area contributed by atoms with Crippen molar-refractivity contribution in [3.05, 3.63) is 59.2 Å². The van der Waals surface area contributed by atoms with Gasteiger partial charge in [0.25, 0.3) is 0 Å². The number of esters is 1. The van der Waals surface area contributed by atoms with Crippen molar-refractivity contribution in [2.24, 2.45) is 5.92 Å². The topological polar surface area (TPSA) is 101 Å². The van der Waals surface area contributed by atoms with Gasteiger partial charge in [0.1, 0.15) is 6.61 Å². The first-order valence-electron chi connectivity index (χ1n) is 10.7. The predicted octanol–water partition coefficient (Wildman–Crippen LogP) is 2.70. The third-order valence-electron chi connectivity index (χ3n) is 5.96. The van der Waals surface area contributed by atoms with Gasteiger partial charge in [-0.3, -0.25) is 4.79 Å². The highest BCUT2D eigenvalue weighted by molar-refractivity contribution is 7.89. The fourth-order valence-electron chi connectivity index (χ4n) is 3.63. The molecule has 0 unspecified atom stereocenters. The Morgan fingerprint density at radius 1 is 0.970 bits per heavy atom. The number of hydrogen-bond donors (Lipinski definition) is 0. The van der Waals surface area contributed by atoms with E-state index in [1.165, 1.54) is 30.5 Å². The second-order valence-corrected chi connectivity index (χ2v) is 12.6. The number of aryl methyl sites for hydroxylation is 2. The molecule has 0 spiro atoms. The van der Waals surface area contributed by atoms with Crippen molar-refractivity contribution in [2.75, 3.05) is 27.2 Å². The average molecular weight is 495 g/mol. The minimum Gasteiger partial charge on any atom is -0.461 e. The highest BCUT2D eigenvalue weighted by Gasteiger charge is 2.33. The number of hydrogen-bond acceptors (Lipinski definition) is 6. The van der Waals surface area contributed by atoms with E-state index in [1.54, 1.807) is 30.3 Å². The van der Waals surface area contributed by atoms with Crippen molar-refractivity contribution in [2.45, 2.75) is 43.1 Å². The number of carbonyl (C=O) groups is 1. The van der Waals surface area contributed by atoms with Crippen LogP contribution in [0, 0.1) is 19.8 Å². The molecule has 10 heteroatoms. The molecule has 1 heterocycles. The maximum Gasteiger partial charge on any atom is 0.309 e. The molecule has 2 aromatic carbocycles. The molecule has 1 saturated heterocycles. The van der Waals surface area contributed by atoms with Gasteiger partial charge in [-0.25, -0.2) is 21.1 Å². The normalized spacial score (nSPS) is 16.2. The molecule has 0 bridgehead atoms. The SMILES string of the molecule is Cc1ccc(S(=O)(=O)N2CCC(C(=O)OCc3cccc(S(=O)(=O)N(C)C)c3)CC2)cc1C. The van der Waals surface area contributed by atoms with Crippen molar-refractivity contribution in [3.8, 4) is 0 Å². The maximum atomic E-state index is 13.0. The first kappa shape index (κ1) is 25.4. The molecule has 0 saturated carbocycles. The Labute approximate surface area is 196 Å². The number of sulfonamides is 2. The van der Waals surface area contributed by atoms with Crippen LogP contribution >= 0.6 is 0 Å². The summed E-state index contributed by atoms with van der Waals surface area (Å²) in [5.74, 6) is -0.802. The van der Waals surface area contributed by atoms with E-state index in [0.717, 1.165) is 15.4 Å². The molecule has 0 aromatic heterocycles. The molecule has 0 radical (unpaired) electrons. The van der Waals surface area contributed by atoms with Crippen LogP contribution in [0.4, 0.5) is 0 Å². The summed E-state index contributed by atoms with van der Waals surface area (Å²) >= 11 is 0. The molecule has 1 aliphatic heterocycles. The van der Waals surface area contributed by atoms with Gasteiger partial charge in [0, 0.05) is 27.2 Å². The number of nitrogens with zero attached hydrogens (tertiary/aromatic N) is 2. The van der Waals surface area contributed by atoms with Gasteiger partial charge in [-0.15, -0.1) is 0 Å². The Hall–Kier alpha value is -2.27. The summed E-state index contributed by atoms with van der Waals surface area (Å²) in [6, 6.07) is 11.4. The zero-order chi connectivity index (χ0) is 24.4. The highest BCUT2D eigenvalue weighted by Crippen LogP contribution is 2.26. The number of carbonyl (C=O) groups excluding carboxylic acids is 1. The smallest absolute Gasteiger partial charge is 0.309 e. The van der Waals surface area contributed by atoms with Crippen LogP contribution in [-0.4, -0.2) is 58.6 Å². The van der Waals surface area contributed by atoms with Crippen LogP contribution in [0.25, 0.3) is 0 Å². The van der Waals surface area contributed by atoms with Crippen LogP contribution in [-0.2, 0) is 36.2 Å². The van der Waals surface area contributed by atoms with E-state index in [0.29, 0.717) is 18.4 Å². The Bertz CT molecular complexity index is 1230. The molecule has 2 aromatic rings. The minimum absolute atomic E-state index is 0.0449. The second kappa shape index (κ2) is 9.92. The Morgan fingerprint density at radius 3 is 2.24 bits per heavy atom. The van der Waals surface area contributed by atoms with Crippen LogP contribution in [0.15, 0.2) is 52.3 Å². The van der Waals surface area contributed by atoms with Crippen LogP contribution in [0.5, 0.6) is 0 Å². The number of rotatable bonds is 7. The van der Waals surface area contributed by atoms with Gasteiger partial charge < -0.3 is 4.74 Å².